The van der Waals surface area contributed by atoms with Gasteiger partial charge < -0.3 is 10.2 Å². The highest BCUT2D eigenvalue weighted by Gasteiger charge is 2.60. The van der Waals surface area contributed by atoms with E-state index in [9.17, 15) is 19.8 Å². The van der Waals surface area contributed by atoms with E-state index in [4.69, 9.17) is 0 Å². The minimum absolute atomic E-state index is 0.0138. The second-order valence-corrected chi connectivity index (χ2v) is 9.16. The molecule has 0 aliphatic heterocycles. The number of hydrogen-bond acceptors (Lipinski definition) is 4. The first kappa shape index (κ1) is 17.7. The fourth-order valence-electron chi connectivity index (χ4n) is 6.01. The van der Waals surface area contributed by atoms with E-state index in [2.05, 4.69) is 13.8 Å². The van der Waals surface area contributed by atoms with Crippen LogP contribution in [0.2, 0.25) is 0 Å². The molecule has 0 aromatic rings. The van der Waals surface area contributed by atoms with Gasteiger partial charge in [-0.1, -0.05) is 20.8 Å². The van der Waals surface area contributed by atoms with E-state index in [1.165, 1.54) is 0 Å². The lowest BCUT2D eigenvalue weighted by Crippen LogP contribution is -2.56. The molecule has 0 amide bonds. The molecule has 0 heterocycles. The fraction of sp³-hybridized carbons (Fsp3) is 0.800. The highest BCUT2D eigenvalue weighted by molar-refractivity contribution is 5.95. The van der Waals surface area contributed by atoms with Crippen molar-refractivity contribution in [3.63, 3.8) is 0 Å². The molecule has 4 heteroatoms. The van der Waals surface area contributed by atoms with Crippen LogP contribution in [0.3, 0.4) is 0 Å². The van der Waals surface area contributed by atoms with Crippen LogP contribution in [-0.4, -0.2) is 28.4 Å². The van der Waals surface area contributed by atoms with Crippen LogP contribution in [0, 0.1) is 28.1 Å². The Morgan fingerprint density at radius 1 is 1.21 bits per heavy atom. The summed E-state index contributed by atoms with van der Waals surface area (Å²) in [5.74, 6) is 0.418. The normalized spacial score (nSPS) is 45.6. The first-order chi connectivity index (χ1) is 11.1. The smallest absolute Gasteiger partial charge is 0.197 e. The minimum Gasteiger partial charge on any atom is -0.504 e. The predicted molar refractivity (Wildman–Crippen MR) is 91.4 cm³/mol. The lowest BCUT2D eigenvalue weighted by atomic mass is 9.42. The lowest BCUT2D eigenvalue weighted by Gasteiger charge is -2.61. The van der Waals surface area contributed by atoms with Gasteiger partial charge in [0.2, 0.25) is 0 Å². The number of ketones is 2. The van der Waals surface area contributed by atoms with E-state index < -0.39 is 5.41 Å². The van der Waals surface area contributed by atoms with Gasteiger partial charge in [-0.05, 0) is 67.3 Å². The molecule has 2 N–H and O–H groups in total. The molecule has 0 bridgehead atoms. The van der Waals surface area contributed by atoms with E-state index >= 15 is 0 Å². The first-order valence-electron chi connectivity index (χ1n) is 9.16. The van der Waals surface area contributed by atoms with E-state index in [0.717, 1.165) is 37.7 Å². The van der Waals surface area contributed by atoms with Gasteiger partial charge in [-0.15, -0.1) is 0 Å². The quantitative estimate of drug-likeness (QED) is 0.809. The van der Waals surface area contributed by atoms with Gasteiger partial charge in [-0.3, -0.25) is 9.59 Å². The molecular weight excluding hydrogens is 304 g/mol. The molecule has 2 fully saturated rings. The molecule has 0 aromatic carbocycles. The van der Waals surface area contributed by atoms with Crippen LogP contribution in [0.1, 0.15) is 66.2 Å². The maximum Gasteiger partial charge on any atom is 0.197 e. The molecule has 0 aromatic heterocycles. The zero-order chi connectivity index (χ0) is 17.9. The Morgan fingerprint density at radius 3 is 2.50 bits per heavy atom. The average molecular weight is 334 g/mol. The Morgan fingerprint density at radius 2 is 1.88 bits per heavy atom. The highest BCUT2D eigenvalue weighted by atomic mass is 16.3. The molecule has 0 spiro atoms. The molecule has 3 rings (SSSR count). The molecule has 134 valence electrons. The third-order valence-electron chi connectivity index (χ3n) is 8.10. The van der Waals surface area contributed by atoms with Crippen LogP contribution in [0.25, 0.3) is 0 Å². The summed E-state index contributed by atoms with van der Waals surface area (Å²) in [7, 11) is 0. The topological polar surface area (TPSA) is 74.6 Å². The maximum absolute atomic E-state index is 12.3. The lowest BCUT2D eigenvalue weighted by molar-refractivity contribution is -0.148. The van der Waals surface area contributed by atoms with Crippen LogP contribution in [0.5, 0.6) is 0 Å². The van der Waals surface area contributed by atoms with Gasteiger partial charge in [0.25, 0.3) is 0 Å². The summed E-state index contributed by atoms with van der Waals surface area (Å²) in [6, 6.07) is 0. The van der Waals surface area contributed by atoms with Gasteiger partial charge in [0, 0.05) is 11.8 Å². The molecule has 5 atom stereocenters. The third kappa shape index (κ3) is 2.22. The van der Waals surface area contributed by atoms with E-state index in [1.54, 1.807) is 0 Å². The van der Waals surface area contributed by atoms with Gasteiger partial charge in [0.1, 0.15) is 6.61 Å². The van der Waals surface area contributed by atoms with Crippen LogP contribution < -0.4 is 0 Å². The largest absolute Gasteiger partial charge is 0.504 e. The third-order valence-corrected chi connectivity index (χ3v) is 8.10. The number of allylic oxidation sites excluding steroid dienone is 2. The number of fused-ring (bicyclic) bond motifs is 3. The molecule has 0 radical (unpaired) electrons. The van der Waals surface area contributed by atoms with Gasteiger partial charge >= 0.3 is 0 Å². The standard InChI is InChI=1S/C20H30O4/c1-12-17(24)14(22)9-15-19(12,3)6-5-13-10-18(2,16(23)11-21)7-8-20(13,15)4/h13,15,21,24H,5-11H2,1-4H3/t13-,15-,18-,19-,20-/m0/s1. The Balaban J connectivity index is 1.96. The monoisotopic (exact) mass is 334 g/mol. The number of carbonyl (C=O) groups excluding carboxylic acids is 2. The summed E-state index contributed by atoms with van der Waals surface area (Å²) in [5, 5.41) is 19.5. The zero-order valence-electron chi connectivity index (χ0n) is 15.3. The average Bonchev–Trinajstić information content (AvgIpc) is 2.56. The molecule has 0 unspecified atom stereocenters. The predicted octanol–water partition coefficient (Wildman–Crippen LogP) is 3.58. The van der Waals surface area contributed by atoms with Crippen molar-refractivity contribution in [2.24, 2.45) is 28.1 Å². The Labute approximate surface area is 144 Å². The molecule has 24 heavy (non-hydrogen) atoms. The second kappa shape index (κ2) is 5.42. The summed E-state index contributed by atoms with van der Waals surface area (Å²) >= 11 is 0. The van der Waals surface area contributed by atoms with E-state index in [0.29, 0.717) is 12.3 Å². The summed E-state index contributed by atoms with van der Waals surface area (Å²) in [4.78, 5) is 24.5. The summed E-state index contributed by atoms with van der Waals surface area (Å²) < 4.78 is 0. The summed E-state index contributed by atoms with van der Waals surface area (Å²) in [6.45, 7) is 8.00. The second-order valence-electron chi connectivity index (χ2n) is 9.16. The maximum atomic E-state index is 12.3. The Kier molecular flexibility index (Phi) is 3.99. The van der Waals surface area contributed by atoms with Gasteiger partial charge in [-0.25, -0.2) is 0 Å². The van der Waals surface area contributed by atoms with Crippen molar-refractivity contribution >= 4 is 11.6 Å². The molecule has 2 saturated carbocycles. The molecule has 4 nitrogen and oxygen atoms in total. The van der Waals surface area contributed by atoms with Crippen LogP contribution in [0.4, 0.5) is 0 Å². The van der Waals surface area contributed by atoms with Crippen LogP contribution in [0.15, 0.2) is 11.3 Å². The molecule has 3 aliphatic carbocycles. The van der Waals surface area contributed by atoms with Crippen molar-refractivity contribution in [2.45, 2.75) is 66.2 Å². The number of carbonyl (C=O) groups is 2. The first-order valence-corrected chi connectivity index (χ1v) is 9.16. The highest BCUT2D eigenvalue weighted by Crippen LogP contribution is 2.66. The van der Waals surface area contributed by atoms with Crippen LogP contribution in [-0.2, 0) is 9.59 Å². The molecule has 0 saturated heterocycles. The van der Waals surface area contributed by atoms with Crippen molar-refractivity contribution in [2.75, 3.05) is 6.61 Å². The SMILES string of the molecule is CC1=C(O)C(=O)C[C@@H]2[C@@]3(C)CC[C@](C)(C(=O)CO)C[C@@H]3CC[C@@]12C. The van der Waals surface area contributed by atoms with Crippen molar-refractivity contribution in [3.05, 3.63) is 11.3 Å². The van der Waals surface area contributed by atoms with E-state index in [-0.39, 0.29) is 40.7 Å². The van der Waals surface area contributed by atoms with Gasteiger partial charge in [-0.2, -0.15) is 0 Å². The molecular formula is C20H30O4. The number of hydrogen-bond donors (Lipinski definition) is 2. The van der Waals surface area contributed by atoms with Crippen molar-refractivity contribution in [1.82, 2.24) is 0 Å². The Bertz CT molecular complexity index is 621. The van der Waals surface area contributed by atoms with Crippen molar-refractivity contribution in [1.29, 1.82) is 0 Å². The minimum atomic E-state index is -0.432. The number of Topliss-reactive ketones (excluding diaryl/α,β-unsaturated/α-hetero) is 2. The van der Waals surface area contributed by atoms with Crippen molar-refractivity contribution < 1.29 is 19.8 Å². The molecule has 3 aliphatic rings. The van der Waals surface area contributed by atoms with Crippen molar-refractivity contribution in [3.8, 4) is 0 Å². The van der Waals surface area contributed by atoms with Gasteiger partial charge in [0.05, 0.1) is 0 Å². The number of rotatable bonds is 2. The number of aliphatic hydroxyl groups is 2. The van der Waals surface area contributed by atoms with E-state index in [1.807, 2.05) is 13.8 Å². The zero-order valence-corrected chi connectivity index (χ0v) is 15.3. The van der Waals surface area contributed by atoms with Gasteiger partial charge in [0.15, 0.2) is 17.3 Å². The fourth-order valence-corrected chi connectivity index (χ4v) is 6.01. The van der Waals surface area contributed by atoms with Crippen LogP contribution >= 0.6 is 0 Å². The summed E-state index contributed by atoms with van der Waals surface area (Å²) in [5.41, 5.74) is 0.305. The Hall–Kier alpha value is -1.16. The number of aliphatic hydroxyl groups excluding tert-OH is 2. The summed E-state index contributed by atoms with van der Waals surface area (Å²) in [6.07, 6.45) is 4.85.